The molecule has 1 aliphatic rings. The first-order valence-corrected chi connectivity index (χ1v) is 11.6. The van der Waals surface area contributed by atoms with E-state index in [-0.39, 0.29) is 18.2 Å². The Labute approximate surface area is 202 Å². The molecule has 0 spiro atoms. The van der Waals surface area contributed by atoms with Gasteiger partial charge in [-0.2, -0.15) is 5.10 Å². The number of nitrogens with zero attached hydrogens (tertiary/aromatic N) is 2. The molecular weight excluding hydrogens is 448 g/mol. The van der Waals surface area contributed by atoms with Gasteiger partial charge in [0, 0.05) is 12.1 Å². The molecule has 4 rings (SSSR count). The molecule has 0 unspecified atom stereocenters. The molecule has 1 saturated heterocycles. The number of nitrogens with one attached hydrogen (secondary N) is 2. The molecule has 172 valence electrons. The van der Waals surface area contributed by atoms with Gasteiger partial charge in [0.2, 0.25) is 11.8 Å². The monoisotopic (exact) mass is 472 g/mol. The summed E-state index contributed by atoms with van der Waals surface area (Å²) < 4.78 is 5.78. The standard InChI is InChI=1S/C26H24N4O3S/c1-18-7-11-21(12-8-18)28-24(31)15-23-25(32)29-26(34-23)30-27-16-19-9-13-22(14-10-19)33-17-20-5-3-2-4-6-20/h2-14,16,23H,15,17H2,1H3,(H,28,31)(H,29,30,32)/b27-16-/t23-/m0/s1. The minimum atomic E-state index is -0.541. The van der Waals surface area contributed by atoms with Crippen LogP contribution in [0.25, 0.3) is 0 Å². The maximum Gasteiger partial charge on any atom is 0.240 e. The summed E-state index contributed by atoms with van der Waals surface area (Å²) in [4.78, 5) is 24.5. The third kappa shape index (κ3) is 6.79. The number of carbonyl (C=O) groups is 2. The van der Waals surface area contributed by atoms with Crippen LogP contribution in [0.2, 0.25) is 0 Å². The van der Waals surface area contributed by atoms with E-state index >= 15 is 0 Å². The van der Waals surface area contributed by atoms with Crippen LogP contribution in [-0.4, -0.2) is 28.4 Å². The molecule has 1 heterocycles. The molecule has 2 N–H and O–H groups in total. The van der Waals surface area contributed by atoms with E-state index in [0.29, 0.717) is 17.5 Å². The topological polar surface area (TPSA) is 92.2 Å². The number of amides is 2. The molecule has 3 aromatic carbocycles. The van der Waals surface area contributed by atoms with Crippen molar-refractivity contribution in [1.82, 2.24) is 5.32 Å². The van der Waals surface area contributed by atoms with E-state index in [1.54, 1.807) is 6.21 Å². The lowest BCUT2D eigenvalue weighted by Gasteiger charge is -2.07. The van der Waals surface area contributed by atoms with Gasteiger partial charge >= 0.3 is 0 Å². The van der Waals surface area contributed by atoms with Gasteiger partial charge in [0.25, 0.3) is 0 Å². The average molecular weight is 473 g/mol. The van der Waals surface area contributed by atoms with E-state index in [9.17, 15) is 9.59 Å². The highest BCUT2D eigenvalue weighted by atomic mass is 32.2. The summed E-state index contributed by atoms with van der Waals surface area (Å²) in [6, 6.07) is 24.9. The van der Waals surface area contributed by atoms with Gasteiger partial charge in [0.1, 0.15) is 17.6 Å². The molecule has 0 radical (unpaired) electrons. The highest BCUT2D eigenvalue weighted by molar-refractivity contribution is 8.15. The van der Waals surface area contributed by atoms with Crippen molar-refractivity contribution in [3.05, 3.63) is 95.6 Å². The van der Waals surface area contributed by atoms with Crippen LogP contribution in [0.4, 0.5) is 5.69 Å². The zero-order chi connectivity index (χ0) is 23.8. The summed E-state index contributed by atoms with van der Waals surface area (Å²) in [5, 5.41) is 13.4. The normalized spacial score (nSPS) is 16.6. The zero-order valence-corrected chi connectivity index (χ0v) is 19.4. The number of hydrogen-bond acceptors (Lipinski definition) is 6. The van der Waals surface area contributed by atoms with E-state index < -0.39 is 5.25 Å². The molecular formula is C26H24N4O3S. The van der Waals surface area contributed by atoms with Gasteiger partial charge in [-0.25, -0.2) is 0 Å². The van der Waals surface area contributed by atoms with Crippen LogP contribution >= 0.6 is 11.8 Å². The molecule has 3 aromatic rings. The van der Waals surface area contributed by atoms with Gasteiger partial charge in [-0.05, 0) is 54.4 Å². The molecule has 0 saturated carbocycles. The fraction of sp³-hybridized carbons (Fsp3) is 0.154. The van der Waals surface area contributed by atoms with Crippen molar-refractivity contribution in [2.75, 3.05) is 5.32 Å². The van der Waals surface area contributed by atoms with E-state index in [4.69, 9.17) is 4.74 Å². The third-order valence-corrected chi connectivity index (χ3v) is 6.04. The molecule has 1 atom stereocenters. The number of hydrogen-bond donors (Lipinski definition) is 2. The van der Waals surface area contributed by atoms with Crippen molar-refractivity contribution in [2.45, 2.75) is 25.2 Å². The van der Waals surface area contributed by atoms with E-state index in [1.807, 2.05) is 85.8 Å². The number of ether oxygens (including phenoxy) is 1. The smallest absolute Gasteiger partial charge is 0.240 e. The number of thioether (sulfide) groups is 1. The van der Waals surface area contributed by atoms with Crippen LogP contribution in [0.15, 0.2) is 89.1 Å². The van der Waals surface area contributed by atoms with Crippen LogP contribution in [0.1, 0.15) is 23.1 Å². The van der Waals surface area contributed by atoms with Crippen molar-refractivity contribution < 1.29 is 14.3 Å². The van der Waals surface area contributed by atoms with Crippen molar-refractivity contribution in [1.29, 1.82) is 0 Å². The number of aryl methyl sites for hydroxylation is 1. The predicted molar refractivity (Wildman–Crippen MR) is 136 cm³/mol. The van der Waals surface area contributed by atoms with Crippen molar-refractivity contribution in [3.8, 4) is 5.75 Å². The summed E-state index contributed by atoms with van der Waals surface area (Å²) in [6.07, 6.45) is 1.65. The van der Waals surface area contributed by atoms with Gasteiger partial charge in [-0.15, -0.1) is 5.10 Å². The lowest BCUT2D eigenvalue weighted by Crippen LogP contribution is -2.28. The molecule has 2 amide bonds. The number of rotatable bonds is 8. The summed E-state index contributed by atoms with van der Waals surface area (Å²) in [5.74, 6) is 0.284. The Morgan fingerprint density at radius 3 is 2.53 bits per heavy atom. The summed E-state index contributed by atoms with van der Waals surface area (Å²) in [6.45, 7) is 2.48. The minimum Gasteiger partial charge on any atom is -0.489 e. The molecule has 1 aliphatic heterocycles. The summed E-state index contributed by atoms with van der Waals surface area (Å²) in [7, 11) is 0. The third-order valence-electron chi connectivity index (χ3n) is 4.97. The maximum atomic E-state index is 12.3. The van der Waals surface area contributed by atoms with Gasteiger partial charge < -0.3 is 15.4 Å². The Bertz CT molecular complexity index is 1190. The Kier molecular flexibility index (Phi) is 7.72. The van der Waals surface area contributed by atoms with E-state index in [2.05, 4.69) is 20.8 Å². The van der Waals surface area contributed by atoms with Crippen LogP contribution in [0.3, 0.4) is 0 Å². The molecule has 0 aromatic heterocycles. The number of anilines is 1. The Hall–Kier alpha value is -3.91. The van der Waals surface area contributed by atoms with Gasteiger partial charge in [-0.3, -0.25) is 9.59 Å². The Morgan fingerprint density at radius 2 is 1.79 bits per heavy atom. The molecule has 8 heteroatoms. The van der Waals surface area contributed by atoms with Gasteiger partial charge in [0.15, 0.2) is 5.17 Å². The van der Waals surface area contributed by atoms with E-state index in [0.717, 1.165) is 22.4 Å². The summed E-state index contributed by atoms with van der Waals surface area (Å²) in [5.41, 5.74) is 3.76. The van der Waals surface area contributed by atoms with Gasteiger partial charge in [-0.1, -0.05) is 59.8 Å². The summed E-state index contributed by atoms with van der Waals surface area (Å²) >= 11 is 1.20. The predicted octanol–water partition coefficient (Wildman–Crippen LogP) is 4.52. The lowest BCUT2D eigenvalue weighted by atomic mass is 10.2. The molecule has 34 heavy (non-hydrogen) atoms. The SMILES string of the molecule is Cc1ccc(NC(=O)C[C@@H]2S/C(=N\N=C/c3ccc(OCc4ccccc4)cc3)NC2=O)cc1. The second-order valence-electron chi connectivity index (χ2n) is 7.71. The first kappa shape index (κ1) is 23.3. The maximum absolute atomic E-state index is 12.3. The highest BCUT2D eigenvalue weighted by Gasteiger charge is 2.32. The van der Waals surface area contributed by atoms with E-state index in [1.165, 1.54) is 11.8 Å². The fourth-order valence-corrected chi connectivity index (χ4v) is 4.07. The quantitative estimate of drug-likeness (QED) is 0.372. The molecule has 0 aliphatic carbocycles. The van der Waals surface area contributed by atoms with Gasteiger partial charge in [0.05, 0.1) is 6.21 Å². The number of amidine groups is 1. The number of carbonyl (C=O) groups excluding carboxylic acids is 2. The fourth-order valence-electron chi connectivity index (χ4n) is 3.14. The van der Waals surface area contributed by atoms with Crippen molar-refractivity contribution >= 4 is 40.6 Å². The second-order valence-corrected chi connectivity index (χ2v) is 8.90. The minimum absolute atomic E-state index is 0.0531. The second kappa shape index (κ2) is 11.3. The first-order chi connectivity index (χ1) is 16.5. The molecule has 1 fully saturated rings. The molecule has 0 bridgehead atoms. The van der Waals surface area contributed by atoms with Crippen LogP contribution in [-0.2, 0) is 16.2 Å². The Balaban J connectivity index is 1.25. The van der Waals surface area contributed by atoms with Crippen LogP contribution < -0.4 is 15.4 Å². The molecule has 7 nitrogen and oxygen atoms in total. The number of benzene rings is 3. The highest BCUT2D eigenvalue weighted by Crippen LogP contribution is 2.23. The first-order valence-electron chi connectivity index (χ1n) is 10.8. The largest absolute Gasteiger partial charge is 0.489 e. The lowest BCUT2D eigenvalue weighted by molar-refractivity contribution is -0.122. The van der Waals surface area contributed by atoms with Crippen molar-refractivity contribution in [3.63, 3.8) is 0 Å². The van der Waals surface area contributed by atoms with Crippen LogP contribution in [0.5, 0.6) is 5.75 Å². The average Bonchev–Trinajstić information content (AvgIpc) is 3.19. The van der Waals surface area contributed by atoms with Crippen LogP contribution in [0, 0.1) is 6.92 Å². The Morgan fingerprint density at radius 1 is 1.06 bits per heavy atom. The zero-order valence-electron chi connectivity index (χ0n) is 18.6. The van der Waals surface area contributed by atoms with Crippen molar-refractivity contribution in [2.24, 2.45) is 10.2 Å².